The van der Waals surface area contributed by atoms with E-state index >= 15 is 0 Å². The van der Waals surface area contributed by atoms with Crippen LogP contribution in [0.15, 0.2) is 29.6 Å². The van der Waals surface area contributed by atoms with Gasteiger partial charge in [-0.2, -0.15) is 0 Å². The van der Waals surface area contributed by atoms with E-state index in [1.54, 1.807) is 5.56 Å². The van der Waals surface area contributed by atoms with Crippen LogP contribution in [-0.2, 0) is 0 Å². The number of fused-ring (bicyclic) bond motifs is 1. The van der Waals surface area contributed by atoms with E-state index in [0.717, 1.165) is 6.54 Å². The minimum Gasteiger partial charge on any atom is -0.309 e. The molecule has 1 unspecified atom stereocenters. The molecule has 0 amide bonds. The van der Waals surface area contributed by atoms with Crippen molar-refractivity contribution in [3.05, 3.63) is 35.2 Å². The van der Waals surface area contributed by atoms with Gasteiger partial charge in [0.25, 0.3) is 0 Å². The lowest BCUT2D eigenvalue weighted by molar-refractivity contribution is 0.188. The van der Waals surface area contributed by atoms with Crippen LogP contribution >= 0.6 is 11.3 Å². The topological polar surface area (TPSA) is 12.0 Å². The van der Waals surface area contributed by atoms with Gasteiger partial charge in [0.15, 0.2) is 0 Å². The summed E-state index contributed by atoms with van der Waals surface area (Å²) in [6.07, 6.45) is 8.06. The van der Waals surface area contributed by atoms with Crippen LogP contribution in [-0.4, -0.2) is 6.54 Å². The van der Waals surface area contributed by atoms with Crippen molar-refractivity contribution >= 4 is 21.4 Å². The van der Waals surface area contributed by atoms with Gasteiger partial charge in [-0.25, -0.2) is 0 Å². The molecular weight excluding hydrogens is 274 g/mol. The van der Waals surface area contributed by atoms with Gasteiger partial charge in [-0.15, -0.1) is 11.3 Å². The minimum absolute atomic E-state index is 0.466. The van der Waals surface area contributed by atoms with Gasteiger partial charge in [0.2, 0.25) is 0 Å². The molecule has 1 aliphatic rings. The molecule has 0 saturated heterocycles. The molecule has 2 aromatic rings. The van der Waals surface area contributed by atoms with E-state index in [4.69, 9.17) is 0 Å². The lowest BCUT2D eigenvalue weighted by Gasteiger charge is -2.38. The number of thiophene rings is 1. The fraction of sp³-hybridized carbons (Fsp3) is 0.579. The molecule has 1 aliphatic carbocycles. The number of benzene rings is 1. The second kappa shape index (κ2) is 6.50. The molecule has 1 aromatic carbocycles. The Morgan fingerprint density at radius 3 is 2.71 bits per heavy atom. The molecule has 1 heterocycles. The molecule has 1 aromatic heterocycles. The summed E-state index contributed by atoms with van der Waals surface area (Å²) in [6, 6.07) is 9.63. The molecule has 1 fully saturated rings. The first-order chi connectivity index (χ1) is 10.3. The number of rotatable bonds is 6. The van der Waals surface area contributed by atoms with Crippen LogP contribution in [0.2, 0.25) is 0 Å². The smallest absolute Gasteiger partial charge is 0.0391 e. The first-order valence-corrected chi connectivity index (χ1v) is 9.38. The van der Waals surface area contributed by atoms with Gasteiger partial charge in [-0.1, -0.05) is 44.9 Å². The summed E-state index contributed by atoms with van der Waals surface area (Å²) in [7, 11) is 0. The zero-order chi connectivity index (χ0) is 14.7. The largest absolute Gasteiger partial charge is 0.309 e. The molecular formula is C19H27NS. The molecule has 0 aliphatic heterocycles. The molecule has 1 saturated carbocycles. The van der Waals surface area contributed by atoms with E-state index in [-0.39, 0.29) is 0 Å². The van der Waals surface area contributed by atoms with E-state index in [0.29, 0.717) is 11.5 Å². The normalized spacial score (nSPS) is 19.1. The highest BCUT2D eigenvalue weighted by molar-refractivity contribution is 7.17. The Labute approximate surface area is 132 Å². The summed E-state index contributed by atoms with van der Waals surface area (Å²) in [5.41, 5.74) is 2.01. The number of hydrogen-bond acceptors (Lipinski definition) is 2. The fourth-order valence-corrected chi connectivity index (χ4v) is 5.06. The first kappa shape index (κ1) is 15.1. The average Bonchev–Trinajstić information content (AvgIpc) is 3.17. The molecule has 114 valence electrons. The van der Waals surface area contributed by atoms with Crippen LogP contribution in [0.1, 0.15) is 64.0 Å². The van der Waals surface area contributed by atoms with Crippen LogP contribution in [0, 0.1) is 5.41 Å². The van der Waals surface area contributed by atoms with E-state index < -0.39 is 0 Å². The molecule has 1 nitrogen and oxygen atoms in total. The van der Waals surface area contributed by atoms with E-state index in [2.05, 4.69) is 48.8 Å². The van der Waals surface area contributed by atoms with Gasteiger partial charge < -0.3 is 5.32 Å². The standard InChI is InChI=1S/C19H27NS/c1-3-13-20-18(19(4-2)11-5-6-12-19)16-9-7-8-15-10-14-21-17(15)16/h7-10,14,18,20H,3-6,11-13H2,1-2H3. The average molecular weight is 301 g/mol. The number of hydrogen-bond donors (Lipinski definition) is 1. The first-order valence-electron chi connectivity index (χ1n) is 8.50. The Kier molecular flexibility index (Phi) is 4.66. The molecule has 2 heteroatoms. The van der Waals surface area contributed by atoms with Crippen molar-refractivity contribution in [2.45, 2.75) is 58.4 Å². The molecule has 0 spiro atoms. The van der Waals surface area contributed by atoms with Crippen LogP contribution in [0.4, 0.5) is 0 Å². The Hall–Kier alpha value is -0.860. The van der Waals surface area contributed by atoms with Crippen LogP contribution in [0.3, 0.4) is 0 Å². The fourth-order valence-electron chi connectivity index (χ4n) is 4.11. The van der Waals surface area contributed by atoms with Gasteiger partial charge in [-0.3, -0.25) is 0 Å². The maximum Gasteiger partial charge on any atom is 0.0391 e. The van der Waals surface area contributed by atoms with Crippen molar-refractivity contribution in [3.8, 4) is 0 Å². The van der Waals surface area contributed by atoms with Gasteiger partial charge in [0.1, 0.15) is 0 Å². The van der Waals surface area contributed by atoms with Crippen molar-refractivity contribution in [3.63, 3.8) is 0 Å². The Morgan fingerprint density at radius 2 is 2.00 bits per heavy atom. The molecule has 0 bridgehead atoms. The summed E-state index contributed by atoms with van der Waals surface area (Å²) in [5.74, 6) is 0. The van der Waals surface area contributed by atoms with Crippen molar-refractivity contribution in [1.82, 2.24) is 5.32 Å². The Balaban J connectivity index is 2.04. The van der Waals surface area contributed by atoms with Crippen LogP contribution in [0.25, 0.3) is 10.1 Å². The van der Waals surface area contributed by atoms with Gasteiger partial charge in [-0.05, 0) is 60.0 Å². The summed E-state index contributed by atoms with van der Waals surface area (Å²) in [5, 5.41) is 7.55. The lowest BCUT2D eigenvalue weighted by atomic mass is 9.73. The molecule has 0 radical (unpaired) electrons. The second-order valence-electron chi connectivity index (χ2n) is 6.50. The maximum atomic E-state index is 3.91. The van der Waals surface area contributed by atoms with Gasteiger partial charge in [0.05, 0.1) is 0 Å². The Morgan fingerprint density at radius 1 is 1.19 bits per heavy atom. The third kappa shape index (κ3) is 2.76. The summed E-state index contributed by atoms with van der Waals surface area (Å²) in [4.78, 5) is 0. The highest BCUT2D eigenvalue weighted by atomic mass is 32.1. The summed E-state index contributed by atoms with van der Waals surface area (Å²) < 4.78 is 1.49. The quantitative estimate of drug-likeness (QED) is 0.699. The zero-order valence-electron chi connectivity index (χ0n) is 13.3. The predicted octanol–water partition coefficient (Wildman–Crippen LogP) is 5.91. The van der Waals surface area contributed by atoms with Gasteiger partial charge in [0, 0.05) is 10.7 Å². The van der Waals surface area contributed by atoms with Crippen molar-refractivity contribution < 1.29 is 0 Å². The lowest BCUT2D eigenvalue weighted by Crippen LogP contribution is -2.36. The molecule has 3 rings (SSSR count). The molecule has 21 heavy (non-hydrogen) atoms. The second-order valence-corrected chi connectivity index (χ2v) is 7.41. The third-order valence-electron chi connectivity index (χ3n) is 5.33. The highest BCUT2D eigenvalue weighted by Gasteiger charge is 2.40. The number of nitrogens with one attached hydrogen (secondary N) is 1. The predicted molar refractivity (Wildman–Crippen MR) is 94.1 cm³/mol. The third-order valence-corrected chi connectivity index (χ3v) is 6.31. The van der Waals surface area contributed by atoms with Crippen molar-refractivity contribution in [2.24, 2.45) is 5.41 Å². The van der Waals surface area contributed by atoms with E-state index in [1.165, 1.54) is 48.6 Å². The highest BCUT2D eigenvalue weighted by Crippen LogP contribution is 2.51. The van der Waals surface area contributed by atoms with Gasteiger partial charge >= 0.3 is 0 Å². The summed E-state index contributed by atoms with van der Waals surface area (Å²) >= 11 is 1.90. The minimum atomic E-state index is 0.466. The van der Waals surface area contributed by atoms with Crippen LogP contribution < -0.4 is 5.32 Å². The zero-order valence-corrected chi connectivity index (χ0v) is 14.1. The van der Waals surface area contributed by atoms with E-state index in [1.807, 2.05) is 11.3 Å². The molecule has 1 atom stereocenters. The summed E-state index contributed by atoms with van der Waals surface area (Å²) in [6.45, 7) is 5.78. The maximum absolute atomic E-state index is 3.91. The molecule has 1 N–H and O–H groups in total. The van der Waals surface area contributed by atoms with E-state index in [9.17, 15) is 0 Å². The monoisotopic (exact) mass is 301 g/mol. The SMILES string of the molecule is CCCNC(c1cccc2ccsc12)C1(CC)CCCC1. The van der Waals surface area contributed by atoms with Crippen molar-refractivity contribution in [2.75, 3.05) is 6.54 Å². The Bertz CT molecular complexity index is 580. The van der Waals surface area contributed by atoms with Crippen LogP contribution in [0.5, 0.6) is 0 Å². The van der Waals surface area contributed by atoms with Crippen molar-refractivity contribution in [1.29, 1.82) is 0 Å².